The first-order valence-electron chi connectivity index (χ1n) is 6.61. The molecule has 2 aromatic rings. The summed E-state index contributed by atoms with van der Waals surface area (Å²) >= 11 is 5.50. The smallest absolute Gasteiger partial charge is 0.417 e. The van der Waals surface area contributed by atoms with Gasteiger partial charge in [0.1, 0.15) is 0 Å². The van der Waals surface area contributed by atoms with Crippen molar-refractivity contribution in [3.8, 4) is 0 Å². The molecule has 0 aliphatic carbocycles. The Kier molecular flexibility index (Phi) is 4.84. The third kappa shape index (κ3) is 3.86. The number of amides is 1. The number of carboxylic acids is 1. The number of rotatable bonds is 3. The molecular weight excluding hydrogens is 347 g/mol. The van der Waals surface area contributed by atoms with E-state index in [1.165, 1.54) is 18.2 Å². The Morgan fingerprint density at radius 2 is 1.79 bits per heavy atom. The van der Waals surface area contributed by atoms with E-state index in [0.717, 1.165) is 12.1 Å². The molecule has 0 aliphatic heterocycles. The quantitative estimate of drug-likeness (QED) is 0.842. The number of alkyl halides is 3. The topological polar surface area (TPSA) is 66.4 Å². The molecule has 0 bridgehead atoms. The minimum Gasteiger partial charge on any atom is -0.478 e. The average Bonchev–Trinajstić information content (AvgIpc) is 2.48. The number of carbonyl (C=O) groups excluding carboxylic acids is 1. The van der Waals surface area contributed by atoms with Gasteiger partial charge in [0.2, 0.25) is 0 Å². The molecular formula is C16H11ClF3NO3. The largest absolute Gasteiger partial charge is 0.478 e. The van der Waals surface area contributed by atoms with Crippen LogP contribution in [0, 0.1) is 6.92 Å². The van der Waals surface area contributed by atoms with Crippen molar-refractivity contribution in [1.29, 1.82) is 0 Å². The van der Waals surface area contributed by atoms with Crippen molar-refractivity contribution in [2.75, 3.05) is 5.32 Å². The van der Waals surface area contributed by atoms with Gasteiger partial charge in [-0.2, -0.15) is 13.2 Å². The predicted octanol–water partition coefficient (Wildman–Crippen LogP) is 4.62. The lowest BCUT2D eigenvalue weighted by Crippen LogP contribution is -2.15. The molecule has 0 atom stereocenters. The maximum Gasteiger partial charge on any atom is 0.417 e. The standard InChI is InChI=1S/C16H11ClF3NO3/c1-8-2-4-10(7-11(8)15(23)24)21-14(22)9-3-5-13(17)12(6-9)16(18,19)20/h2-7H,1H3,(H,21,22)(H,23,24). The van der Waals surface area contributed by atoms with Crippen LogP contribution in [0.2, 0.25) is 5.02 Å². The number of carboxylic acid groups (broad SMARTS) is 1. The van der Waals surface area contributed by atoms with Crippen LogP contribution >= 0.6 is 11.6 Å². The first-order valence-corrected chi connectivity index (χ1v) is 6.99. The molecule has 0 saturated carbocycles. The number of carbonyl (C=O) groups is 2. The van der Waals surface area contributed by atoms with E-state index in [4.69, 9.17) is 16.7 Å². The molecule has 0 unspecified atom stereocenters. The van der Waals surface area contributed by atoms with Crippen molar-refractivity contribution >= 4 is 29.2 Å². The maximum absolute atomic E-state index is 12.8. The summed E-state index contributed by atoms with van der Waals surface area (Å²) in [7, 11) is 0. The van der Waals surface area contributed by atoms with Crippen LogP contribution in [0.1, 0.15) is 31.8 Å². The molecule has 0 aromatic heterocycles. The number of aromatic carboxylic acids is 1. The van der Waals surface area contributed by atoms with Gasteiger partial charge in [-0.3, -0.25) is 4.79 Å². The summed E-state index contributed by atoms with van der Waals surface area (Å²) in [4.78, 5) is 23.2. The SMILES string of the molecule is Cc1ccc(NC(=O)c2ccc(Cl)c(C(F)(F)F)c2)cc1C(=O)O. The molecule has 4 nitrogen and oxygen atoms in total. The van der Waals surface area contributed by atoms with Crippen molar-refractivity contribution in [1.82, 2.24) is 0 Å². The second kappa shape index (κ2) is 6.52. The average molecular weight is 358 g/mol. The molecule has 2 aromatic carbocycles. The van der Waals surface area contributed by atoms with Crippen LogP contribution < -0.4 is 5.32 Å². The zero-order valence-corrected chi connectivity index (χ0v) is 13.0. The summed E-state index contributed by atoms with van der Waals surface area (Å²) in [5.74, 6) is -1.98. The molecule has 126 valence electrons. The molecule has 2 N–H and O–H groups in total. The monoisotopic (exact) mass is 357 g/mol. The summed E-state index contributed by atoms with van der Waals surface area (Å²) in [5.41, 5.74) is -0.728. The van der Waals surface area contributed by atoms with Crippen molar-refractivity contribution in [3.63, 3.8) is 0 Å². The van der Waals surface area contributed by atoms with Crippen molar-refractivity contribution in [2.24, 2.45) is 0 Å². The number of aryl methyl sites for hydroxylation is 1. The highest BCUT2D eigenvalue weighted by Gasteiger charge is 2.33. The lowest BCUT2D eigenvalue weighted by atomic mass is 10.1. The van der Waals surface area contributed by atoms with E-state index < -0.39 is 28.6 Å². The van der Waals surface area contributed by atoms with E-state index in [0.29, 0.717) is 11.6 Å². The maximum atomic E-state index is 12.8. The zero-order chi connectivity index (χ0) is 18.1. The highest BCUT2D eigenvalue weighted by Crippen LogP contribution is 2.35. The Morgan fingerprint density at radius 3 is 2.38 bits per heavy atom. The summed E-state index contributed by atoms with van der Waals surface area (Å²) < 4.78 is 38.5. The van der Waals surface area contributed by atoms with Crippen LogP contribution in [-0.2, 0) is 6.18 Å². The summed E-state index contributed by atoms with van der Waals surface area (Å²) in [5, 5.41) is 10.9. The van der Waals surface area contributed by atoms with E-state index in [-0.39, 0.29) is 16.8 Å². The first kappa shape index (κ1) is 17.8. The van der Waals surface area contributed by atoms with Gasteiger partial charge in [0.05, 0.1) is 16.1 Å². The minimum atomic E-state index is -4.69. The Hall–Kier alpha value is -2.54. The van der Waals surface area contributed by atoms with Crippen LogP contribution in [0.15, 0.2) is 36.4 Å². The van der Waals surface area contributed by atoms with Gasteiger partial charge in [0.15, 0.2) is 0 Å². The normalized spacial score (nSPS) is 11.2. The molecule has 1 amide bonds. The van der Waals surface area contributed by atoms with Crippen LogP contribution in [0.25, 0.3) is 0 Å². The molecule has 0 saturated heterocycles. The number of hydrogen-bond donors (Lipinski definition) is 2. The van der Waals surface area contributed by atoms with Gasteiger partial charge in [-0.05, 0) is 42.8 Å². The predicted molar refractivity (Wildman–Crippen MR) is 82.5 cm³/mol. The van der Waals surface area contributed by atoms with E-state index in [9.17, 15) is 22.8 Å². The summed E-state index contributed by atoms with van der Waals surface area (Å²) in [6.45, 7) is 1.59. The molecule has 8 heteroatoms. The van der Waals surface area contributed by atoms with Gasteiger partial charge in [-0.15, -0.1) is 0 Å². The molecule has 0 radical (unpaired) electrons. The summed E-state index contributed by atoms with van der Waals surface area (Å²) in [6.07, 6.45) is -4.69. The van der Waals surface area contributed by atoms with Gasteiger partial charge < -0.3 is 10.4 Å². The van der Waals surface area contributed by atoms with Crippen LogP contribution in [-0.4, -0.2) is 17.0 Å². The molecule has 0 aliphatic rings. The fourth-order valence-corrected chi connectivity index (χ4v) is 2.24. The number of hydrogen-bond acceptors (Lipinski definition) is 2. The number of nitrogens with one attached hydrogen (secondary N) is 1. The number of halogens is 4. The Balaban J connectivity index is 2.31. The zero-order valence-electron chi connectivity index (χ0n) is 12.2. The van der Waals surface area contributed by atoms with Gasteiger partial charge in [-0.25, -0.2) is 4.79 Å². The molecule has 0 spiro atoms. The second-order valence-electron chi connectivity index (χ2n) is 4.98. The Bertz CT molecular complexity index is 819. The van der Waals surface area contributed by atoms with Gasteiger partial charge in [0, 0.05) is 11.3 Å². The fraction of sp³-hybridized carbons (Fsp3) is 0.125. The highest BCUT2D eigenvalue weighted by atomic mass is 35.5. The van der Waals surface area contributed by atoms with E-state index >= 15 is 0 Å². The summed E-state index contributed by atoms with van der Waals surface area (Å²) in [6, 6.07) is 6.96. The van der Waals surface area contributed by atoms with Crippen LogP contribution in [0.5, 0.6) is 0 Å². The van der Waals surface area contributed by atoms with Crippen molar-refractivity contribution in [2.45, 2.75) is 13.1 Å². The molecule has 0 heterocycles. The Morgan fingerprint density at radius 1 is 1.12 bits per heavy atom. The third-order valence-electron chi connectivity index (χ3n) is 3.26. The lowest BCUT2D eigenvalue weighted by molar-refractivity contribution is -0.137. The molecule has 24 heavy (non-hydrogen) atoms. The molecule has 2 rings (SSSR count). The first-order chi connectivity index (χ1) is 11.1. The Labute approximate surface area is 139 Å². The van der Waals surface area contributed by atoms with E-state index in [1.807, 2.05) is 0 Å². The minimum absolute atomic E-state index is 0.0140. The lowest BCUT2D eigenvalue weighted by Gasteiger charge is -2.12. The van der Waals surface area contributed by atoms with Gasteiger partial charge in [-0.1, -0.05) is 17.7 Å². The number of anilines is 1. The third-order valence-corrected chi connectivity index (χ3v) is 3.59. The highest BCUT2D eigenvalue weighted by molar-refractivity contribution is 6.31. The molecule has 0 fully saturated rings. The van der Waals surface area contributed by atoms with Crippen molar-refractivity contribution in [3.05, 3.63) is 63.7 Å². The van der Waals surface area contributed by atoms with Gasteiger partial charge in [0.25, 0.3) is 5.91 Å². The van der Waals surface area contributed by atoms with Crippen molar-refractivity contribution < 1.29 is 27.9 Å². The van der Waals surface area contributed by atoms with Gasteiger partial charge >= 0.3 is 12.1 Å². The van der Waals surface area contributed by atoms with Crippen LogP contribution in [0.4, 0.5) is 18.9 Å². The van der Waals surface area contributed by atoms with E-state index in [1.54, 1.807) is 6.92 Å². The second-order valence-corrected chi connectivity index (χ2v) is 5.39. The number of benzene rings is 2. The van der Waals surface area contributed by atoms with E-state index in [2.05, 4.69) is 5.32 Å². The fourth-order valence-electron chi connectivity index (χ4n) is 2.02. The van der Waals surface area contributed by atoms with Crippen LogP contribution in [0.3, 0.4) is 0 Å².